The van der Waals surface area contributed by atoms with E-state index in [0.717, 1.165) is 6.07 Å². The molecule has 1 rings (SSSR count). The maximum atomic E-state index is 12.3. The Morgan fingerprint density at radius 3 is 2.64 bits per heavy atom. The molecule has 0 aromatic carbocycles. The molecule has 4 nitrogen and oxygen atoms in total. The Morgan fingerprint density at radius 2 is 2.21 bits per heavy atom. The van der Waals surface area contributed by atoms with Crippen LogP contribution in [-0.4, -0.2) is 11.3 Å². The normalized spacial score (nSPS) is 10.6. The average Bonchev–Trinajstić information content (AvgIpc) is 2.15. The number of hydrogen-bond donors (Lipinski definition) is 2. The van der Waals surface area contributed by atoms with Gasteiger partial charge in [-0.05, 0) is 0 Å². The first-order chi connectivity index (χ1) is 6.60. The SMILES string of the molecule is NCc1[nH]c(C=O)cc(=O)c1C(F)F. The summed E-state index contributed by atoms with van der Waals surface area (Å²) in [7, 11) is 0. The summed E-state index contributed by atoms with van der Waals surface area (Å²) in [5.74, 6) is 0. The minimum atomic E-state index is -2.89. The number of carbonyl (C=O) groups excluding carboxylic acids is 1. The first-order valence-corrected chi connectivity index (χ1v) is 3.79. The number of pyridine rings is 1. The highest BCUT2D eigenvalue weighted by Gasteiger charge is 2.17. The fourth-order valence-electron chi connectivity index (χ4n) is 1.11. The van der Waals surface area contributed by atoms with Crippen LogP contribution in [0.3, 0.4) is 0 Å². The standard InChI is InChI=1S/C8H8F2N2O2/c9-8(10)7-5(2-11)12-4(3-13)1-6(7)14/h1,3,8H,2,11H2,(H,12,14). The summed E-state index contributed by atoms with van der Waals surface area (Å²) in [6.45, 7) is -0.239. The molecule has 0 unspecified atom stereocenters. The molecule has 0 amide bonds. The molecule has 1 aromatic rings. The van der Waals surface area contributed by atoms with Crippen molar-refractivity contribution in [1.82, 2.24) is 4.98 Å². The molecule has 0 spiro atoms. The number of rotatable bonds is 3. The second-order valence-electron chi connectivity index (χ2n) is 2.60. The second-order valence-corrected chi connectivity index (χ2v) is 2.60. The van der Waals surface area contributed by atoms with Gasteiger partial charge >= 0.3 is 0 Å². The van der Waals surface area contributed by atoms with Crippen LogP contribution in [0.2, 0.25) is 0 Å². The van der Waals surface area contributed by atoms with Crippen molar-refractivity contribution >= 4 is 6.29 Å². The Kier molecular flexibility index (Phi) is 3.08. The summed E-state index contributed by atoms with van der Waals surface area (Å²) in [5, 5.41) is 0. The van der Waals surface area contributed by atoms with Crippen LogP contribution in [0.25, 0.3) is 0 Å². The molecule has 0 aliphatic carbocycles. The molecule has 3 N–H and O–H groups in total. The number of alkyl halides is 2. The Balaban J connectivity index is 3.42. The third-order valence-electron chi connectivity index (χ3n) is 1.72. The zero-order chi connectivity index (χ0) is 10.7. The highest BCUT2D eigenvalue weighted by molar-refractivity contribution is 5.71. The van der Waals surface area contributed by atoms with E-state index < -0.39 is 17.4 Å². The number of carbonyl (C=O) groups is 1. The van der Waals surface area contributed by atoms with Gasteiger partial charge in [0.05, 0.1) is 11.3 Å². The number of aldehydes is 1. The van der Waals surface area contributed by atoms with Crippen molar-refractivity contribution < 1.29 is 13.6 Å². The van der Waals surface area contributed by atoms with E-state index in [-0.39, 0.29) is 17.9 Å². The van der Waals surface area contributed by atoms with Crippen LogP contribution in [-0.2, 0) is 6.54 Å². The van der Waals surface area contributed by atoms with Crippen molar-refractivity contribution in [1.29, 1.82) is 0 Å². The number of hydrogen-bond acceptors (Lipinski definition) is 3. The van der Waals surface area contributed by atoms with E-state index in [1.807, 2.05) is 0 Å². The largest absolute Gasteiger partial charge is 0.355 e. The molecule has 1 heterocycles. The fraction of sp³-hybridized carbons (Fsp3) is 0.250. The highest BCUT2D eigenvalue weighted by atomic mass is 19.3. The maximum Gasteiger partial charge on any atom is 0.269 e. The Hall–Kier alpha value is -1.56. The van der Waals surface area contributed by atoms with Crippen LogP contribution >= 0.6 is 0 Å². The van der Waals surface area contributed by atoms with Crippen molar-refractivity contribution in [2.24, 2.45) is 5.73 Å². The molecule has 6 heteroatoms. The number of aromatic amines is 1. The molecule has 0 fully saturated rings. The number of H-pyrrole nitrogens is 1. The molecule has 0 saturated carbocycles. The van der Waals surface area contributed by atoms with Crippen LogP contribution in [0.5, 0.6) is 0 Å². The molecular weight excluding hydrogens is 194 g/mol. The average molecular weight is 202 g/mol. The molecule has 76 valence electrons. The van der Waals surface area contributed by atoms with Gasteiger partial charge in [-0.3, -0.25) is 9.59 Å². The molecule has 0 bridgehead atoms. The van der Waals surface area contributed by atoms with Gasteiger partial charge in [0.2, 0.25) is 0 Å². The van der Waals surface area contributed by atoms with Gasteiger partial charge in [-0.25, -0.2) is 8.78 Å². The van der Waals surface area contributed by atoms with Gasteiger partial charge in [0.1, 0.15) is 0 Å². The van der Waals surface area contributed by atoms with Crippen molar-refractivity contribution in [2.75, 3.05) is 0 Å². The summed E-state index contributed by atoms with van der Waals surface area (Å²) in [6.07, 6.45) is -2.52. The quantitative estimate of drug-likeness (QED) is 0.704. The van der Waals surface area contributed by atoms with Crippen molar-refractivity contribution in [3.05, 3.63) is 33.2 Å². The van der Waals surface area contributed by atoms with E-state index in [0.29, 0.717) is 6.29 Å². The number of nitrogens with one attached hydrogen (secondary N) is 1. The van der Waals surface area contributed by atoms with Crippen LogP contribution in [0.4, 0.5) is 8.78 Å². The summed E-state index contributed by atoms with van der Waals surface area (Å²) in [4.78, 5) is 23.8. The summed E-state index contributed by atoms with van der Waals surface area (Å²) < 4.78 is 24.7. The van der Waals surface area contributed by atoms with Gasteiger partial charge in [-0.15, -0.1) is 0 Å². The molecule has 1 aromatic heterocycles. The first-order valence-electron chi connectivity index (χ1n) is 3.79. The van der Waals surface area contributed by atoms with Gasteiger partial charge in [0, 0.05) is 18.3 Å². The molecule has 0 saturated heterocycles. The van der Waals surface area contributed by atoms with Gasteiger partial charge < -0.3 is 10.7 Å². The Labute approximate surface area is 77.7 Å². The van der Waals surface area contributed by atoms with Gasteiger partial charge in [-0.2, -0.15) is 0 Å². The number of halogens is 2. The monoisotopic (exact) mass is 202 g/mol. The summed E-state index contributed by atoms with van der Waals surface area (Å²) in [6, 6.07) is 0.827. The van der Waals surface area contributed by atoms with Crippen LogP contribution in [0.15, 0.2) is 10.9 Å². The van der Waals surface area contributed by atoms with Crippen molar-refractivity contribution in [3.63, 3.8) is 0 Å². The first kappa shape index (κ1) is 10.5. The number of nitrogens with two attached hydrogens (primary N) is 1. The molecule has 0 aliphatic rings. The number of aromatic nitrogens is 1. The topological polar surface area (TPSA) is 76.0 Å². The lowest BCUT2D eigenvalue weighted by atomic mass is 10.1. The Morgan fingerprint density at radius 1 is 1.57 bits per heavy atom. The van der Waals surface area contributed by atoms with E-state index in [1.54, 1.807) is 0 Å². The van der Waals surface area contributed by atoms with Gasteiger partial charge in [0.15, 0.2) is 11.7 Å². The molecular formula is C8H8F2N2O2. The van der Waals surface area contributed by atoms with E-state index in [1.165, 1.54) is 0 Å². The van der Waals surface area contributed by atoms with E-state index in [9.17, 15) is 18.4 Å². The summed E-state index contributed by atoms with van der Waals surface area (Å²) in [5.41, 5.74) is 3.46. The van der Waals surface area contributed by atoms with Gasteiger partial charge in [-0.1, -0.05) is 0 Å². The van der Waals surface area contributed by atoms with Gasteiger partial charge in [0.25, 0.3) is 6.43 Å². The minimum Gasteiger partial charge on any atom is -0.355 e. The summed E-state index contributed by atoms with van der Waals surface area (Å²) >= 11 is 0. The molecule has 0 atom stereocenters. The zero-order valence-corrected chi connectivity index (χ0v) is 7.09. The van der Waals surface area contributed by atoms with E-state index in [4.69, 9.17) is 5.73 Å². The van der Waals surface area contributed by atoms with Crippen molar-refractivity contribution in [2.45, 2.75) is 13.0 Å². The second kappa shape index (κ2) is 4.10. The highest BCUT2D eigenvalue weighted by Crippen LogP contribution is 2.17. The van der Waals surface area contributed by atoms with E-state index >= 15 is 0 Å². The minimum absolute atomic E-state index is 0.0557. The van der Waals surface area contributed by atoms with Crippen LogP contribution in [0, 0.1) is 0 Å². The molecule has 14 heavy (non-hydrogen) atoms. The molecule has 0 aliphatic heterocycles. The predicted octanol–water partition coefficient (Wildman–Crippen LogP) is 0.584. The lowest BCUT2D eigenvalue weighted by molar-refractivity contribution is 0.111. The zero-order valence-electron chi connectivity index (χ0n) is 7.09. The lowest BCUT2D eigenvalue weighted by Gasteiger charge is -2.06. The van der Waals surface area contributed by atoms with E-state index in [2.05, 4.69) is 4.98 Å². The fourth-order valence-corrected chi connectivity index (χ4v) is 1.11. The van der Waals surface area contributed by atoms with Crippen molar-refractivity contribution in [3.8, 4) is 0 Å². The van der Waals surface area contributed by atoms with Crippen LogP contribution < -0.4 is 11.2 Å². The third-order valence-corrected chi connectivity index (χ3v) is 1.72. The third kappa shape index (κ3) is 1.85. The smallest absolute Gasteiger partial charge is 0.269 e. The van der Waals surface area contributed by atoms with Crippen LogP contribution in [0.1, 0.15) is 28.2 Å². The molecule has 0 radical (unpaired) electrons. The Bertz CT molecular complexity index is 401. The predicted molar refractivity (Wildman–Crippen MR) is 45.3 cm³/mol. The lowest BCUT2D eigenvalue weighted by Crippen LogP contribution is -2.18. The maximum absolute atomic E-state index is 12.3.